The second-order valence-electron chi connectivity index (χ2n) is 13.3. The number of aromatic nitrogens is 4. The van der Waals surface area contributed by atoms with Gasteiger partial charge in [0.25, 0.3) is 0 Å². The molecule has 0 unspecified atom stereocenters. The Morgan fingerprint density at radius 3 is 1.62 bits per heavy atom. The number of carboxylic acid groups (broad SMARTS) is 1. The van der Waals surface area contributed by atoms with Crippen LogP contribution in [0.1, 0.15) is 104 Å². The zero-order valence-electron chi connectivity index (χ0n) is 27.4. The van der Waals surface area contributed by atoms with Crippen molar-refractivity contribution >= 4 is 23.8 Å². The molecule has 12 nitrogen and oxygen atoms in total. The molecule has 12 heteroatoms. The molecule has 4 heterocycles. The molecule has 2 aliphatic heterocycles. The van der Waals surface area contributed by atoms with Crippen molar-refractivity contribution < 1.29 is 29.0 Å². The third kappa shape index (κ3) is 7.17. The summed E-state index contributed by atoms with van der Waals surface area (Å²) in [5, 5.41) is 9.44. The van der Waals surface area contributed by atoms with Crippen LogP contribution in [0.15, 0.2) is 60.9 Å². The maximum atomic E-state index is 12.9. The molecule has 48 heavy (non-hydrogen) atoms. The molecule has 0 aliphatic carbocycles. The van der Waals surface area contributed by atoms with Gasteiger partial charge in [-0.05, 0) is 57.6 Å². The molecule has 0 saturated carbocycles. The fraction of sp³-hybridized carbons (Fsp3) is 0.389. The Morgan fingerprint density at radius 1 is 0.750 bits per heavy atom. The quantitative estimate of drug-likeness (QED) is 0.160. The van der Waals surface area contributed by atoms with E-state index < -0.39 is 11.7 Å². The molecule has 0 bridgehead atoms. The van der Waals surface area contributed by atoms with Gasteiger partial charge in [0.15, 0.2) is 11.6 Å². The van der Waals surface area contributed by atoms with E-state index in [9.17, 15) is 24.3 Å². The van der Waals surface area contributed by atoms with E-state index in [1.807, 2.05) is 45.0 Å². The zero-order valence-corrected chi connectivity index (χ0v) is 27.4. The number of ketones is 2. The summed E-state index contributed by atoms with van der Waals surface area (Å²) in [6.07, 6.45) is 5.46. The van der Waals surface area contributed by atoms with Crippen molar-refractivity contribution in [1.29, 1.82) is 0 Å². The molecule has 2 fully saturated rings. The van der Waals surface area contributed by atoms with Crippen molar-refractivity contribution in [3.8, 4) is 22.5 Å². The standard InChI is InChI=1S/C36H40N6O6/c1-36(2,3)48-35(47)42-19-5-7-29(42)33-38-21-27(40-33)23-10-14-25(15-11-23)31(44)17-16-30(43)24-12-8-22(9-13-24)26-20-37-32(39-26)28-6-4-18-41(28)34(45)46/h8-15,20-21,28-29H,4-7,16-19H2,1-3H3,(H,37,39)(H,38,40)(H,45,46)/t28-,29-/m0/s1. The number of nitrogens with zero attached hydrogens (tertiary/aromatic N) is 4. The molecule has 250 valence electrons. The molecular formula is C36H40N6O6. The number of hydrogen-bond acceptors (Lipinski definition) is 7. The molecule has 2 atom stereocenters. The highest BCUT2D eigenvalue weighted by Gasteiger charge is 2.35. The van der Waals surface area contributed by atoms with Crippen LogP contribution in [-0.2, 0) is 4.74 Å². The number of nitrogens with one attached hydrogen (secondary N) is 2. The molecule has 2 amide bonds. The van der Waals surface area contributed by atoms with Crippen LogP contribution in [0.2, 0.25) is 0 Å². The number of Topliss-reactive ketones (excluding diaryl/α,β-unsaturated/α-hetero) is 2. The summed E-state index contributed by atoms with van der Waals surface area (Å²) < 4.78 is 5.58. The van der Waals surface area contributed by atoms with Crippen LogP contribution >= 0.6 is 0 Å². The van der Waals surface area contributed by atoms with Crippen molar-refractivity contribution in [3.05, 3.63) is 83.7 Å². The number of amides is 2. The number of benzene rings is 2. The molecule has 6 rings (SSSR count). The van der Waals surface area contributed by atoms with Crippen LogP contribution in [0, 0.1) is 0 Å². The monoisotopic (exact) mass is 652 g/mol. The maximum absolute atomic E-state index is 12.9. The van der Waals surface area contributed by atoms with Gasteiger partial charge in [0.1, 0.15) is 17.2 Å². The van der Waals surface area contributed by atoms with Crippen molar-refractivity contribution in [1.82, 2.24) is 29.7 Å². The average Bonchev–Trinajstić information content (AvgIpc) is 3.89. The van der Waals surface area contributed by atoms with Crippen LogP contribution < -0.4 is 0 Å². The number of aromatic amines is 2. The normalized spacial score (nSPS) is 17.9. The molecule has 2 aromatic heterocycles. The van der Waals surface area contributed by atoms with Gasteiger partial charge in [-0.1, -0.05) is 48.5 Å². The number of hydrogen-bond donors (Lipinski definition) is 3. The fourth-order valence-corrected chi connectivity index (χ4v) is 6.36. The van der Waals surface area contributed by atoms with Gasteiger partial charge in [0, 0.05) is 37.1 Å². The van der Waals surface area contributed by atoms with E-state index >= 15 is 0 Å². The number of carbonyl (C=O) groups is 4. The van der Waals surface area contributed by atoms with E-state index in [2.05, 4.69) is 19.9 Å². The molecule has 2 aromatic carbocycles. The Bertz CT molecular complexity index is 1800. The van der Waals surface area contributed by atoms with Gasteiger partial charge in [0.05, 0.1) is 35.9 Å². The van der Waals surface area contributed by atoms with Gasteiger partial charge >= 0.3 is 12.2 Å². The second kappa shape index (κ2) is 13.5. The Morgan fingerprint density at radius 2 is 1.19 bits per heavy atom. The molecule has 0 spiro atoms. The average molecular weight is 653 g/mol. The Balaban J connectivity index is 1.02. The highest BCUT2D eigenvalue weighted by molar-refractivity contribution is 6.02. The number of H-pyrrole nitrogens is 2. The molecule has 2 aliphatic rings. The largest absolute Gasteiger partial charge is 0.465 e. The first-order valence-corrected chi connectivity index (χ1v) is 16.3. The third-order valence-corrected chi connectivity index (χ3v) is 8.82. The van der Waals surface area contributed by atoms with Crippen LogP contribution in [0.5, 0.6) is 0 Å². The first kappa shape index (κ1) is 32.7. The van der Waals surface area contributed by atoms with Gasteiger partial charge in [-0.3, -0.25) is 19.4 Å². The number of imidazole rings is 2. The van der Waals surface area contributed by atoms with E-state index in [0.29, 0.717) is 35.9 Å². The Hall–Kier alpha value is -5.26. The van der Waals surface area contributed by atoms with E-state index in [1.54, 1.807) is 41.6 Å². The predicted octanol–water partition coefficient (Wildman–Crippen LogP) is 7.20. The van der Waals surface area contributed by atoms with Crippen LogP contribution in [0.3, 0.4) is 0 Å². The SMILES string of the molecule is CC(C)(C)OC(=O)N1CCC[C@H]1c1ncc(-c2ccc(C(=O)CCC(=O)c3ccc(-c4cnc([C@@H]5CCCN5C(=O)O)[nH]4)cc3)cc2)[nH]1. The van der Waals surface area contributed by atoms with Crippen molar-refractivity contribution in [3.63, 3.8) is 0 Å². The lowest BCUT2D eigenvalue weighted by Gasteiger charge is -2.27. The van der Waals surface area contributed by atoms with Crippen molar-refractivity contribution in [2.24, 2.45) is 0 Å². The molecular weight excluding hydrogens is 612 g/mol. The minimum atomic E-state index is -0.952. The fourth-order valence-electron chi connectivity index (χ4n) is 6.36. The predicted molar refractivity (Wildman–Crippen MR) is 178 cm³/mol. The van der Waals surface area contributed by atoms with Gasteiger partial charge in [0.2, 0.25) is 0 Å². The highest BCUT2D eigenvalue weighted by atomic mass is 16.6. The van der Waals surface area contributed by atoms with Gasteiger partial charge < -0.3 is 19.8 Å². The molecule has 4 aromatic rings. The molecule has 2 saturated heterocycles. The van der Waals surface area contributed by atoms with Gasteiger partial charge in [-0.15, -0.1) is 0 Å². The number of likely N-dealkylation sites (tertiary alicyclic amines) is 2. The third-order valence-electron chi connectivity index (χ3n) is 8.82. The van der Waals surface area contributed by atoms with Crippen LogP contribution in [0.25, 0.3) is 22.5 Å². The second-order valence-corrected chi connectivity index (χ2v) is 13.3. The number of carbonyl (C=O) groups excluding carboxylic acids is 3. The van der Waals surface area contributed by atoms with E-state index in [0.717, 1.165) is 48.2 Å². The summed E-state index contributed by atoms with van der Waals surface area (Å²) in [5.41, 5.74) is 3.67. The summed E-state index contributed by atoms with van der Waals surface area (Å²) in [6, 6.07) is 13.8. The zero-order chi connectivity index (χ0) is 34.0. The molecule has 3 N–H and O–H groups in total. The van der Waals surface area contributed by atoms with Crippen molar-refractivity contribution in [2.45, 2.75) is 77.0 Å². The van der Waals surface area contributed by atoms with Crippen molar-refractivity contribution in [2.75, 3.05) is 13.1 Å². The number of rotatable bonds is 9. The summed E-state index contributed by atoms with van der Waals surface area (Å²) in [6.45, 7) is 6.65. The van der Waals surface area contributed by atoms with Gasteiger partial charge in [-0.2, -0.15) is 0 Å². The summed E-state index contributed by atoms with van der Waals surface area (Å²) in [4.78, 5) is 68.7. The molecule has 0 radical (unpaired) electrons. The van der Waals surface area contributed by atoms with E-state index in [-0.39, 0.29) is 42.6 Å². The van der Waals surface area contributed by atoms with E-state index in [4.69, 9.17) is 4.74 Å². The lowest BCUT2D eigenvalue weighted by atomic mass is 9.99. The van der Waals surface area contributed by atoms with Gasteiger partial charge in [-0.25, -0.2) is 19.6 Å². The lowest BCUT2D eigenvalue weighted by Crippen LogP contribution is -2.36. The topological polar surface area (TPSA) is 162 Å². The summed E-state index contributed by atoms with van der Waals surface area (Å²) in [7, 11) is 0. The minimum absolute atomic E-state index is 0.0836. The van der Waals surface area contributed by atoms with Crippen LogP contribution in [0.4, 0.5) is 9.59 Å². The van der Waals surface area contributed by atoms with Crippen LogP contribution in [-0.4, -0.2) is 77.3 Å². The Labute approximate surface area is 278 Å². The highest BCUT2D eigenvalue weighted by Crippen LogP contribution is 2.34. The summed E-state index contributed by atoms with van der Waals surface area (Å²) in [5.74, 6) is 1.06. The lowest BCUT2D eigenvalue weighted by molar-refractivity contribution is 0.0218. The Kier molecular flexibility index (Phi) is 9.16. The summed E-state index contributed by atoms with van der Waals surface area (Å²) >= 11 is 0. The van der Waals surface area contributed by atoms with E-state index in [1.165, 1.54) is 4.90 Å². The first-order valence-electron chi connectivity index (χ1n) is 16.3. The maximum Gasteiger partial charge on any atom is 0.410 e. The number of ether oxygens (including phenoxy) is 1. The smallest absolute Gasteiger partial charge is 0.410 e. The first-order chi connectivity index (χ1) is 23.0. The minimum Gasteiger partial charge on any atom is -0.465 e.